The molecule has 5 rings (SSSR count). The normalized spacial score (nSPS) is 11.1. The molecule has 2 aromatic carbocycles. The number of hydrogen-bond donors (Lipinski definition) is 0. The maximum absolute atomic E-state index is 5.86. The van der Waals surface area contributed by atoms with Gasteiger partial charge in [-0.1, -0.05) is 42.1 Å². The lowest BCUT2D eigenvalue weighted by Gasteiger charge is -2.09. The molecule has 0 saturated heterocycles. The molecule has 0 bridgehead atoms. The topological polar surface area (TPSA) is 92.0 Å². The van der Waals surface area contributed by atoms with E-state index in [2.05, 4.69) is 37.1 Å². The molecule has 3 heterocycles. The van der Waals surface area contributed by atoms with Crippen molar-refractivity contribution in [1.82, 2.24) is 25.0 Å². The predicted octanol–water partition coefficient (Wildman–Crippen LogP) is 5.25. The maximum atomic E-state index is 5.86. The first-order chi connectivity index (χ1) is 16.2. The molecule has 0 unspecified atom stereocenters. The van der Waals surface area contributed by atoms with Gasteiger partial charge in [0.2, 0.25) is 11.8 Å². The van der Waals surface area contributed by atoms with Crippen LogP contribution in [-0.2, 0) is 12.3 Å². The standard InChI is InChI=1S/C24H21N5O3S/c1-16-20(12-13-31-16)22-26-28-24(29(22)14-17-6-4-3-5-7-17)33-15-21-25-27-23(32-21)18-8-10-19(30-2)11-9-18/h3-13H,14-15H2,1-2H3. The second kappa shape index (κ2) is 9.33. The summed E-state index contributed by atoms with van der Waals surface area (Å²) < 4.78 is 18.6. The van der Waals surface area contributed by atoms with E-state index in [-0.39, 0.29) is 0 Å². The Kier molecular flexibility index (Phi) is 5.95. The third kappa shape index (κ3) is 4.54. The average molecular weight is 460 g/mol. The van der Waals surface area contributed by atoms with Crippen LogP contribution < -0.4 is 4.74 Å². The fraction of sp³-hybridized carbons (Fsp3) is 0.167. The van der Waals surface area contributed by atoms with Crippen LogP contribution in [0.1, 0.15) is 17.2 Å². The van der Waals surface area contributed by atoms with E-state index in [9.17, 15) is 0 Å². The van der Waals surface area contributed by atoms with Crippen LogP contribution in [-0.4, -0.2) is 32.1 Å². The van der Waals surface area contributed by atoms with E-state index in [4.69, 9.17) is 13.6 Å². The van der Waals surface area contributed by atoms with Crippen LogP contribution in [0.2, 0.25) is 0 Å². The highest BCUT2D eigenvalue weighted by Crippen LogP contribution is 2.30. The molecule has 0 amide bonds. The molecule has 0 saturated carbocycles. The van der Waals surface area contributed by atoms with Crippen LogP contribution in [0.5, 0.6) is 5.75 Å². The Morgan fingerprint density at radius 3 is 2.48 bits per heavy atom. The first-order valence-corrected chi connectivity index (χ1v) is 11.3. The first kappa shape index (κ1) is 21.0. The van der Waals surface area contributed by atoms with Crippen LogP contribution in [0, 0.1) is 6.92 Å². The van der Waals surface area contributed by atoms with Gasteiger partial charge in [0, 0.05) is 5.56 Å². The minimum absolute atomic E-state index is 0.466. The van der Waals surface area contributed by atoms with Gasteiger partial charge in [-0.05, 0) is 42.8 Å². The van der Waals surface area contributed by atoms with Crippen molar-refractivity contribution in [3.05, 3.63) is 84.1 Å². The first-order valence-electron chi connectivity index (χ1n) is 10.3. The van der Waals surface area contributed by atoms with Gasteiger partial charge in [-0.2, -0.15) is 0 Å². The molecule has 0 aliphatic rings. The van der Waals surface area contributed by atoms with Gasteiger partial charge in [-0.3, -0.25) is 4.57 Å². The zero-order valence-corrected chi connectivity index (χ0v) is 19.0. The van der Waals surface area contributed by atoms with Gasteiger partial charge in [0.1, 0.15) is 11.5 Å². The van der Waals surface area contributed by atoms with E-state index in [1.165, 1.54) is 11.8 Å². The Morgan fingerprint density at radius 2 is 1.76 bits per heavy atom. The van der Waals surface area contributed by atoms with Crippen molar-refractivity contribution in [3.63, 3.8) is 0 Å². The summed E-state index contributed by atoms with van der Waals surface area (Å²) in [4.78, 5) is 0. The summed E-state index contributed by atoms with van der Waals surface area (Å²) in [6.45, 7) is 2.56. The summed E-state index contributed by atoms with van der Waals surface area (Å²) in [5.41, 5.74) is 2.91. The second-order valence-electron chi connectivity index (χ2n) is 7.29. The second-order valence-corrected chi connectivity index (χ2v) is 8.23. The van der Waals surface area contributed by atoms with Gasteiger partial charge in [0.15, 0.2) is 11.0 Å². The summed E-state index contributed by atoms with van der Waals surface area (Å²) in [6, 6.07) is 19.6. The number of furan rings is 1. The van der Waals surface area contributed by atoms with Crippen molar-refractivity contribution in [3.8, 4) is 28.6 Å². The van der Waals surface area contributed by atoms with E-state index in [1.54, 1.807) is 13.4 Å². The van der Waals surface area contributed by atoms with E-state index in [1.807, 2.05) is 55.5 Å². The van der Waals surface area contributed by atoms with Gasteiger partial charge in [-0.25, -0.2) is 0 Å². The summed E-state index contributed by atoms with van der Waals surface area (Å²) in [5.74, 6) is 3.79. The van der Waals surface area contributed by atoms with Crippen molar-refractivity contribution in [2.24, 2.45) is 0 Å². The molecule has 0 radical (unpaired) electrons. The highest BCUT2D eigenvalue weighted by Gasteiger charge is 2.19. The Labute approximate surface area is 194 Å². The van der Waals surface area contributed by atoms with E-state index in [0.29, 0.717) is 24.1 Å². The smallest absolute Gasteiger partial charge is 0.247 e. The number of benzene rings is 2. The third-order valence-electron chi connectivity index (χ3n) is 5.13. The fourth-order valence-corrected chi connectivity index (χ4v) is 4.18. The summed E-state index contributed by atoms with van der Waals surface area (Å²) in [6.07, 6.45) is 1.66. The molecule has 8 nitrogen and oxygen atoms in total. The average Bonchev–Trinajstić information content (AvgIpc) is 3.59. The highest BCUT2D eigenvalue weighted by molar-refractivity contribution is 7.98. The number of methoxy groups -OCH3 is 1. The Balaban J connectivity index is 1.38. The minimum Gasteiger partial charge on any atom is -0.497 e. The summed E-state index contributed by atoms with van der Waals surface area (Å²) in [5, 5.41) is 18.0. The molecule has 0 aliphatic heterocycles. The van der Waals surface area contributed by atoms with E-state index in [0.717, 1.165) is 39.2 Å². The number of hydrogen-bond acceptors (Lipinski definition) is 8. The third-order valence-corrected chi connectivity index (χ3v) is 6.08. The van der Waals surface area contributed by atoms with Gasteiger partial charge >= 0.3 is 0 Å². The van der Waals surface area contributed by atoms with Crippen LogP contribution in [0.15, 0.2) is 80.9 Å². The molecule has 0 N–H and O–H groups in total. The van der Waals surface area contributed by atoms with Crippen molar-refractivity contribution < 1.29 is 13.6 Å². The molecule has 0 spiro atoms. The molecular weight excluding hydrogens is 438 g/mol. The number of rotatable bonds is 8. The molecule has 3 aromatic heterocycles. The molecule has 33 heavy (non-hydrogen) atoms. The molecule has 9 heteroatoms. The lowest BCUT2D eigenvalue weighted by molar-refractivity contribution is 0.415. The SMILES string of the molecule is COc1ccc(-c2nnc(CSc3nnc(-c4ccoc4C)n3Cc3ccccc3)o2)cc1. The minimum atomic E-state index is 0.466. The quantitative estimate of drug-likeness (QED) is 0.291. The largest absolute Gasteiger partial charge is 0.497 e. The number of aryl methyl sites for hydroxylation is 1. The maximum Gasteiger partial charge on any atom is 0.247 e. The zero-order valence-electron chi connectivity index (χ0n) is 18.1. The van der Waals surface area contributed by atoms with Crippen molar-refractivity contribution in [2.75, 3.05) is 7.11 Å². The molecular formula is C24H21N5O3S. The van der Waals surface area contributed by atoms with E-state index >= 15 is 0 Å². The van der Waals surface area contributed by atoms with Crippen LogP contribution >= 0.6 is 11.8 Å². The van der Waals surface area contributed by atoms with E-state index < -0.39 is 0 Å². The van der Waals surface area contributed by atoms with Crippen molar-refractivity contribution in [2.45, 2.75) is 24.4 Å². The lowest BCUT2D eigenvalue weighted by Crippen LogP contribution is -2.04. The van der Waals surface area contributed by atoms with Gasteiger partial charge < -0.3 is 13.6 Å². The number of nitrogens with zero attached hydrogens (tertiary/aromatic N) is 5. The molecule has 5 aromatic rings. The fourth-order valence-electron chi connectivity index (χ4n) is 3.41. The highest BCUT2D eigenvalue weighted by atomic mass is 32.2. The summed E-state index contributed by atoms with van der Waals surface area (Å²) in [7, 11) is 1.63. The molecule has 0 aliphatic carbocycles. The zero-order chi connectivity index (χ0) is 22.6. The van der Waals surface area contributed by atoms with Crippen LogP contribution in [0.25, 0.3) is 22.8 Å². The van der Waals surface area contributed by atoms with Gasteiger partial charge in [0.25, 0.3) is 0 Å². The van der Waals surface area contributed by atoms with Gasteiger partial charge in [0.05, 0.1) is 31.2 Å². The van der Waals surface area contributed by atoms with Crippen LogP contribution in [0.4, 0.5) is 0 Å². The lowest BCUT2D eigenvalue weighted by atomic mass is 10.2. The van der Waals surface area contributed by atoms with Gasteiger partial charge in [-0.15, -0.1) is 20.4 Å². The number of thioether (sulfide) groups is 1. The number of aromatic nitrogens is 5. The monoisotopic (exact) mass is 459 g/mol. The Hall–Kier alpha value is -3.85. The number of ether oxygens (including phenoxy) is 1. The predicted molar refractivity (Wildman–Crippen MR) is 124 cm³/mol. The molecule has 0 atom stereocenters. The Bertz CT molecular complexity index is 1340. The Morgan fingerprint density at radius 1 is 0.939 bits per heavy atom. The molecule has 166 valence electrons. The molecule has 0 fully saturated rings. The van der Waals surface area contributed by atoms with Crippen molar-refractivity contribution >= 4 is 11.8 Å². The van der Waals surface area contributed by atoms with Crippen molar-refractivity contribution in [1.29, 1.82) is 0 Å². The van der Waals surface area contributed by atoms with Crippen LogP contribution in [0.3, 0.4) is 0 Å². The summed E-state index contributed by atoms with van der Waals surface area (Å²) >= 11 is 1.50.